The maximum Gasteiger partial charge on any atom is 0.214 e. The monoisotopic (exact) mass is 264 g/mol. The molecule has 0 atom stereocenters. The molecule has 1 fully saturated rings. The highest BCUT2D eigenvalue weighted by atomic mass is 32.2. The molecule has 0 aromatic rings. The summed E-state index contributed by atoms with van der Waals surface area (Å²) in [6.07, 6.45) is 2.91. The molecule has 0 aromatic carbocycles. The Morgan fingerprint density at radius 2 is 2.12 bits per heavy atom. The highest BCUT2D eigenvalue weighted by molar-refractivity contribution is 7.89. The summed E-state index contributed by atoms with van der Waals surface area (Å²) in [6, 6.07) is 0. The number of unbranched alkanes of at least 4 members (excludes halogenated alkanes) is 1. The van der Waals surface area contributed by atoms with Crippen molar-refractivity contribution in [3.63, 3.8) is 0 Å². The lowest BCUT2D eigenvalue weighted by molar-refractivity contribution is 0.143. The van der Waals surface area contributed by atoms with E-state index in [0.717, 1.165) is 45.6 Å². The molecule has 1 aliphatic rings. The lowest BCUT2D eigenvalue weighted by Crippen LogP contribution is -2.33. The average Bonchev–Trinajstić information content (AvgIpc) is 2.62. The van der Waals surface area contributed by atoms with E-state index < -0.39 is 10.0 Å². The van der Waals surface area contributed by atoms with E-state index in [2.05, 4.69) is 5.32 Å². The van der Waals surface area contributed by atoms with Crippen LogP contribution in [0.3, 0.4) is 0 Å². The number of sulfonamides is 1. The van der Waals surface area contributed by atoms with E-state index in [1.54, 1.807) is 4.31 Å². The smallest absolute Gasteiger partial charge is 0.214 e. The third kappa shape index (κ3) is 5.81. The summed E-state index contributed by atoms with van der Waals surface area (Å²) in [7, 11) is -2.92. The van der Waals surface area contributed by atoms with Crippen molar-refractivity contribution < 1.29 is 13.2 Å². The van der Waals surface area contributed by atoms with Crippen molar-refractivity contribution in [2.45, 2.75) is 26.2 Å². The van der Waals surface area contributed by atoms with E-state index >= 15 is 0 Å². The molecule has 0 saturated carbocycles. The van der Waals surface area contributed by atoms with Gasteiger partial charge in [0.1, 0.15) is 0 Å². The van der Waals surface area contributed by atoms with Gasteiger partial charge in [0.05, 0.1) is 5.75 Å². The van der Waals surface area contributed by atoms with Gasteiger partial charge in [0.25, 0.3) is 0 Å². The standard InChI is InChI=1S/C11H24N2O3S/c1-2-16-10-4-3-6-12-7-9-13-8-5-11-17(13,14)15/h12H,2-11H2,1H3. The first kappa shape index (κ1) is 14.9. The van der Waals surface area contributed by atoms with Gasteiger partial charge in [-0.3, -0.25) is 0 Å². The fraction of sp³-hybridized carbons (Fsp3) is 1.00. The molecule has 0 spiro atoms. The number of rotatable bonds is 9. The van der Waals surface area contributed by atoms with Gasteiger partial charge in [-0.2, -0.15) is 0 Å². The number of nitrogens with zero attached hydrogens (tertiary/aromatic N) is 1. The Bertz CT molecular complexity index is 293. The maximum absolute atomic E-state index is 11.5. The van der Waals surface area contributed by atoms with E-state index in [9.17, 15) is 8.42 Å². The van der Waals surface area contributed by atoms with E-state index in [1.165, 1.54) is 0 Å². The molecule has 1 saturated heterocycles. The van der Waals surface area contributed by atoms with E-state index in [0.29, 0.717) is 18.8 Å². The van der Waals surface area contributed by atoms with E-state index in [4.69, 9.17) is 4.74 Å². The Hall–Kier alpha value is -0.170. The third-order valence-corrected chi connectivity index (χ3v) is 4.79. The lowest BCUT2D eigenvalue weighted by atomic mass is 10.3. The van der Waals surface area contributed by atoms with Gasteiger partial charge in [-0.1, -0.05) is 0 Å². The van der Waals surface area contributed by atoms with Crippen LogP contribution < -0.4 is 5.32 Å². The van der Waals surface area contributed by atoms with Gasteiger partial charge < -0.3 is 10.1 Å². The minimum absolute atomic E-state index is 0.321. The summed E-state index contributed by atoms with van der Waals surface area (Å²) in [5, 5.41) is 3.27. The Labute approximate surface area is 105 Å². The molecular weight excluding hydrogens is 240 g/mol. The molecular formula is C11H24N2O3S. The van der Waals surface area contributed by atoms with Gasteiger partial charge in [0, 0.05) is 32.8 Å². The van der Waals surface area contributed by atoms with Crippen molar-refractivity contribution >= 4 is 10.0 Å². The Morgan fingerprint density at radius 3 is 2.76 bits per heavy atom. The van der Waals surface area contributed by atoms with E-state index in [1.807, 2.05) is 6.92 Å². The van der Waals surface area contributed by atoms with Crippen molar-refractivity contribution in [1.29, 1.82) is 0 Å². The van der Waals surface area contributed by atoms with Gasteiger partial charge in [-0.05, 0) is 32.7 Å². The van der Waals surface area contributed by atoms with Gasteiger partial charge >= 0.3 is 0 Å². The van der Waals surface area contributed by atoms with E-state index in [-0.39, 0.29) is 0 Å². The third-order valence-electron chi connectivity index (χ3n) is 2.84. The van der Waals surface area contributed by atoms with Crippen molar-refractivity contribution in [1.82, 2.24) is 9.62 Å². The molecule has 0 aliphatic carbocycles. The summed E-state index contributed by atoms with van der Waals surface area (Å²) in [5.74, 6) is 0.321. The van der Waals surface area contributed by atoms with Crippen LogP contribution in [0.5, 0.6) is 0 Å². The molecule has 0 radical (unpaired) electrons. The fourth-order valence-electron chi connectivity index (χ4n) is 1.87. The van der Waals surface area contributed by atoms with Gasteiger partial charge in [-0.25, -0.2) is 12.7 Å². The second kappa shape index (κ2) is 8.02. The quantitative estimate of drug-likeness (QED) is 0.614. The summed E-state index contributed by atoms with van der Waals surface area (Å²) >= 11 is 0. The van der Waals surface area contributed by atoms with Crippen LogP contribution in [0.2, 0.25) is 0 Å². The Balaban J connectivity index is 1.94. The van der Waals surface area contributed by atoms with Crippen molar-refractivity contribution in [3.05, 3.63) is 0 Å². The average molecular weight is 264 g/mol. The minimum Gasteiger partial charge on any atom is -0.382 e. The number of hydrogen-bond donors (Lipinski definition) is 1. The van der Waals surface area contributed by atoms with Crippen molar-refractivity contribution in [3.8, 4) is 0 Å². The molecule has 0 amide bonds. The second-order valence-corrected chi connectivity index (χ2v) is 6.31. The van der Waals surface area contributed by atoms with Crippen LogP contribution >= 0.6 is 0 Å². The molecule has 5 nitrogen and oxygen atoms in total. The molecule has 0 aromatic heterocycles. The normalized spacial score (nSPS) is 19.8. The topological polar surface area (TPSA) is 58.6 Å². The van der Waals surface area contributed by atoms with Crippen LogP contribution in [-0.4, -0.2) is 57.9 Å². The van der Waals surface area contributed by atoms with Gasteiger partial charge in [0.2, 0.25) is 10.0 Å². The minimum atomic E-state index is -2.92. The van der Waals surface area contributed by atoms with Crippen molar-refractivity contribution in [2.24, 2.45) is 0 Å². The predicted molar refractivity (Wildman–Crippen MR) is 68.6 cm³/mol. The van der Waals surface area contributed by atoms with Crippen LogP contribution in [0.1, 0.15) is 26.2 Å². The largest absolute Gasteiger partial charge is 0.382 e. The fourth-order valence-corrected chi connectivity index (χ4v) is 3.40. The first-order chi connectivity index (χ1) is 8.17. The zero-order valence-corrected chi connectivity index (χ0v) is 11.5. The Morgan fingerprint density at radius 1 is 1.29 bits per heavy atom. The molecule has 1 N–H and O–H groups in total. The summed E-state index contributed by atoms with van der Waals surface area (Å²) < 4.78 is 29.8. The first-order valence-electron chi connectivity index (χ1n) is 6.43. The van der Waals surface area contributed by atoms with Crippen LogP contribution in [0, 0.1) is 0 Å². The highest BCUT2D eigenvalue weighted by Crippen LogP contribution is 2.11. The molecule has 0 bridgehead atoms. The SMILES string of the molecule is CCOCCCCNCCN1CCCS1(=O)=O. The zero-order valence-electron chi connectivity index (χ0n) is 10.7. The summed E-state index contributed by atoms with van der Waals surface area (Å²) in [6.45, 7) is 6.56. The zero-order chi connectivity index (χ0) is 12.6. The predicted octanol–water partition coefficient (Wildman–Crippen LogP) is 0.428. The molecule has 1 rings (SSSR count). The Kier molecular flexibility index (Phi) is 7.03. The lowest BCUT2D eigenvalue weighted by Gasteiger charge is -2.14. The number of nitrogens with one attached hydrogen (secondary N) is 1. The molecule has 1 aliphatic heterocycles. The summed E-state index contributed by atoms with van der Waals surface area (Å²) in [5.41, 5.74) is 0. The van der Waals surface area contributed by atoms with Crippen LogP contribution in [-0.2, 0) is 14.8 Å². The van der Waals surface area contributed by atoms with Crippen molar-refractivity contribution in [2.75, 3.05) is 45.1 Å². The molecule has 102 valence electrons. The number of ether oxygens (including phenoxy) is 1. The maximum atomic E-state index is 11.5. The summed E-state index contributed by atoms with van der Waals surface area (Å²) in [4.78, 5) is 0. The first-order valence-corrected chi connectivity index (χ1v) is 8.04. The van der Waals surface area contributed by atoms with Gasteiger partial charge in [0.15, 0.2) is 0 Å². The molecule has 1 heterocycles. The van der Waals surface area contributed by atoms with Gasteiger partial charge in [-0.15, -0.1) is 0 Å². The molecule has 17 heavy (non-hydrogen) atoms. The van der Waals surface area contributed by atoms with Crippen LogP contribution in [0.15, 0.2) is 0 Å². The molecule has 6 heteroatoms. The van der Waals surface area contributed by atoms with Crippen LogP contribution in [0.25, 0.3) is 0 Å². The molecule has 0 unspecified atom stereocenters. The highest BCUT2D eigenvalue weighted by Gasteiger charge is 2.27. The van der Waals surface area contributed by atoms with Crippen LogP contribution in [0.4, 0.5) is 0 Å². The second-order valence-electron chi connectivity index (χ2n) is 4.22. The number of hydrogen-bond acceptors (Lipinski definition) is 4.